The molecule has 2 heteroatoms. The summed E-state index contributed by atoms with van der Waals surface area (Å²) in [5, 5.41) is 26.6. The van der Waals surface area contributed by atoms with Gasteiger partial charge in [0.15, 0.2) is 0 Å². The summed E-state index contributed by atoms with van der Waals surface area (Å²) in [7, 11) is 0. The number of hydrogen-bond donors (Lipinski definition) is 2. The monoisotopic (exact) mass is 316 g/mol. The van der Waals surface area contributed by atoms with Gasteiger partial charge in [-0.2, -0.15) is 0 Å². The SMILES string of the molecule is Cc1cccc2c(CO)cc3cc(CO)c4cccc(C)c4c3c12. The van der Waals surface area contributed by atoms with Crippen LogP contribution in [0.2, 0.25) is 0 Å². The van der Waals surface area contributed by atoms with Crippen molar-refractivity contribution >= 4 is 32.3 Å². The zero-order valence-corrected chi connectivity index (χ0v) is 13.9. The maximum atomic E-state index is 9.83. The maximum absolute atomic E-state index is 9.83. The average Bonchev–Trinajstić information content (AvgIpc) is 2.60. The van der Waals surface area contributed by atoms with E-state index >= 15 is 0 Å². The Morgan fingerprint density at radius 1 is 0.667 bits per heavy atom. The predicted molar refractivity (Wildman–Crippen MR) is 100 cm³/mol. The molecule has 0 saturated heterocycles. The molecule has 2 nitrogen and oxygen atoms in total. The molecule has 0 fully saturated rings. The third kappa shape index (κ3) is 2.04. The highest BCUT2D eigenvalue weighted by molar-refractivity contribution is 6.23. The molecule has 4 rings (SSSR count). The van der Waals surface area contributed by atoms with E-state index in [1.807, 2.05) is 12.1 Å². The Kier molecular flexibility index (Phi) is 3.52. The van der Waals surface area contributed by atoms with Gasteiger partial charge in [0.05, 0.1) is 13.2 Å². The van der Waals surface area contributed by atoms with Crippen molar-refractivity contribution in [2.24, 2.45) is 0 Å². The molecule has 4 aromatic carbocycles. The van der Waals surface area contributed by atoms with Gasteiger partial charge in [0.1, 0.15) is 0 Å². The normalized spacial score (nSPS) is 11.7. The second-order valence-corrected chi connectivity index (χ2v) is 6.48. The first-order valence-corrected chi connectivity index (χ1v) is 8.23. The van der Waals surface area contributed by atoms with Crippen LogP contribution in [0.15, 0.2) is 48.5 Å². The molecule has 0 aliphatic carbocycles. The standard InChI is InChI=1S/C22H20O2/c1-13-5-3-7-18-16(11-23)9-15-10-17(12-24)19-8-4-6-14(2)21(19)22(15)20(13)18/h3-10,23-24H,11-12H2,1-2H3. The van der Waals surface area contributed by atoms with Gasteiger partial charge in [0.2, 0.25) is 0 Å². The highest BCUT2D eigenvalue weighted by Gasteiger charge is 2.14. The van der Waals surface area contributed by atoms with E-state index in [0.717, 1.165) is 27.3 Å². The molecular weight excluding hydrogens is 296 g/mol. The van der Waals surface area contributed by atoms with Gasteiger partial charge in [0.25, 0.3) is 0 Å². The summed E-state index contributed by atoms with van der Waals surface area (Å²) in [6, 6.07) is 16.6. The van der Waals surface area contributed by atoms with Crippen molar-refractivity contribution < 1.29 is 10.2 Å². The van der Waals surface area contributed by atoms with E-state index < -0.39 is 0 Å². The van der Waals surface area contributed by atoms with Gasteiger partial charge >= 0.3 is 0 Å². The minimum absolute atomic E-state index is 0.0101. The van der Waals surface area contributed by atoms with Gasteiger partial charge in [-0.15, -0.1) is 0 Å². The number of rotatable bonds is 2. The van der Waals surface area contributed by atoms with Crippen molar-refractivity contribution in [2.45, 2.75) is 27.1 Å². The molecule has 0 bridgehead atoms. The van der Waals surface area contributed by atoms with Crippen LogP contribution >= 0.6 is 0 Å². The molecule has 24 heavy (non-hydrogen) atoms. The van der Waals surface area contributed by atoms with E-state index in [1.54, 1.807) is 0 Å². The van der Waals surface area contributed by atoms with Crippen LogP contribution in [0.5, 0.6) is 0 Å². The van der Waals surface area contributed by atoms with Crippen molar-refractivity contribution in [2.75, 3.05) is 0 Å². The second kappa shape index (κ2) is 5.59. The number of aryl methyl sites for hydroxylation is 2. The summed E-state index contributed by atoms with van der Waals surface area (Å²) in [5.74, 6) is 0. The zero-order valence-electron chi connectivity index (χ0n) is 13.9. The lowest BCUT2D eigenvalue weighted by Crippen LogP contribution is -1.95. The summed E-state index contributed by atoms with van der Waals surface area (Å²) in [6.07, 6.45) is 0. The average molecular weight is 316 g/mol. The van der Waals surface area contributed by atoms with Crippen molar-refractivity contribution in [1.29, 1.82) is 0 Å². The summed E-state index contributed by atoms with van der Waals surface area (Å²) in [6.45, 7) is 4.26. The highest BCUT2D eigenvalue weighted by Crippen LogP contribution is 2.38. The van der Waals surface area contributed by atoms with Gasteiger partial charge < -0.3 is 10.2 Å². The number of hydrogen-bond acceptors (Lipinski definition) is 2. The van der Waals surface area contributed by atoms with Gasteiger partial charge in [-0.25, -0.2) is 0 Å². The molecule has 0 unspecified atom stereocenters. The van der Waals surface area contributed by atoms with Gasteiger partial charge in [-0.1, -0.05) is 36.4 Å². The first-order valence-electron chi connectivity index (χ1n) is 8.23. The first-order chi connectivity index (χ1) is 11.7. The molecule has 0 radical (unpaired) electrons. The maximum Gasteiger partial charge on any atom is 0.0688 e. The molecule has 0 saturated carbocycles. The quantitative estimate of drug-likeness (QED) is 0.524. The second-order valence-electron chi connectivity index (χ2n) is 6.48. The molecule has 0 spiro atoms. The molecule has 0 heterocycles. The van der Waals surface area contributed by atoms with Gasteiger partial charge in [0, 0.05) is 0 Å². The predicted octanol–water partition coefficient (Wildman–Crippen LogP) is 4.75. The third-order valence-electron chi connectivity index (χ3n) is 5.03. The van der Waals surface area contributed by atoms with Crippen LogP contribution in [-0.2, 0) is 13.2 Å². The van der Waals surface area contributed by atoms with Gasteiger partial charge in [-0.3, -0.25) is 0 Å². The Hall–Kier alpha value is -2.42. The number of fused-ring (bicyclic) bond motifs is 5. The summed E-state index contributed by atoms with van der Waals surface area (Å²) in [4.78, 5) is 0. The van der Waals surface area contributed by atoms with Crippen LogP contribution in [-0.4, -0.2) is 10.2 Å². The Morgan fingerprint density at radius 2 is 1.12 bits per heavy atom. The van der Waals surface area contributed by atoms with Crippen LogP contribution in [0.3, 0.4) is 0 Å². The minimum Gasteiger partial charge on any atom is -0.392 e. The molecule has 0 aliphatic rings. The Morgan fingerprint density at radius 3 is 1.54 bits per heavy atom. The van der Waals surface area contributed by atoms with E-state index in [4.69, 9.17) is 0 Å². The van der Waals surface area contributed by atoms with E-state index in [2.05, 4.69) is 50.2 Å². The zero-order chi connectivity index (χ0) is 16.8. The van der Waals surface area contributed by atoms with Crippen LogP contribution in [0, 0.1) is 13.8 Å². The molecule has 0 amide bonds. The fraction of sp³-hybridized carbons (Fsp3) is 0.182. The van der Waals surface area contributed by atoms with Crippen LogP contribution in [0.25, 0.3) is 32.3 Å². The summed E-state index contributed by atoms with van der Waals surface area (Å²) in [5.41, 5.74) is 4.26. The fourth-order valence-electron chi connectivity index (χ4n) is 3.93. The molecule has 2 N–H and O–H groups in total. The number of benzene rings is 4. The van der Waals surface area contributed by atoms with Crippen molar-refractivity contribution in [3.63, 3.8) is 0 Å². The van der Waals surface area contributed by atoms with Crippen LogP contribution in [0.4, 0.5) is 0 Å². The van der Waals surface area contributed by atoms with E-state index in [1.165, 1.54) is 27.3 Å². The molecular formula is C22H20O2. The molecule has 120 valence electrons. The lowest BCUT2D eigenvalue weighted by atomic mass is 9.88. The smallest absolute Gasteiger partial charge is 0.0688 e. The van der Waals surface area contributed by atoms with Crippen LogP contribution < -0.4 is 0 Å². The van der Waals surface area contributed by atoms with Crippen molar-refractivity contribution in [3.05, 3.63) is 70.8 Å². The van der Waals surface area contributed by atoms with E-state index in [-0.39, 0.29) is 13.2 Å². The minimum atomic E-state index is 0.0101. The van der Waals surface area contributed by atoms with Crippen molar-refractivity contribution in [3.8, 4) is 0 Å². The van der Waals surface area contributed by atoms with E-state index in [9.17, 15) is 10.2 Å². The highest BCUT2D eigenvalue weighted by atomic mass is 16.3. The molecule has 0 atom stereocenters. The summed E-state index contributed by atoms with van der Waals surface area (Å²) >= 11 is 0. The largest absolute Gasteiger partial charge is 0.392 e. The molecule has 4 aromatic rings. The number of aliphatic hydroxyl groups excluding tert-OH is 2. The van der Waals surface area contributed by atoms with E-state index in [0.29, 0.717) is 0 Å². The lowest BCUT2D eigenvalue weighted by molar-refractivity contribution is 0.283. The molecule has 0 aromatic heterocycles. The lowest BCUT2D eigenvalue weighted by Gasteiger charge is -2.16. The Balaban J connectivity index is 2.40. The van der Waals surface area contributed by atoms with Crippen LogP contribution in [0.1, 0.15) is 22.3 Å². The summed E-state index contributed by atoms with van der Waals surface area (Å²) < 4.78 is 0. The number of aliphatic hydroxyl groups is 2. The Labute approximate surface area is 141 Å². The molecule has 0 aliphatic heterocycles. The fourth-order valence-corrected chi connectivity index (χ4v) is 3.93. The first kappa shape index (κ1) is 15.1. The van der Waals surface area contributed by atoms with Gasteiger partial charge in [-0.05, 0) is 80.6 Å². The van der Waals surface area contributed by atoms with Crippen molar-refractivity contribution in [1.82, 2.24) is 0 Å². The topological polar surface area (TPSA) is 40.5 Å². The Bertz CT molecular complexity index is 1010. The third-order valence-corrected chi connectivity index (χ3v) is 5.03.